The maximum absolute atomic E-state index is 12.2. The number of rotatable bonds is 5. The summed E-state index contributed by atoms with van der Waals surface area (Å²) in [6.45, 7) is 1.33. The summed E-state index contributed by atoms with van der Waals surface area (Å²) in [7, 11) is 1.59. The Kier molecular flexibility index (Phi) is 8.69. The van der Waals surface area contributed by atoms with Crippen LogP contribution in [0.3, 0.4) is 0 Å². The summed E-state index contributed by atoms with van der Waals surface area (Å²) in [5, 5.41) is 20.6. The molecular formula is C21H24N2O5. The van der Waals surface area contributed by atoms with Crippen LogP contribution in [0.4, 0.5) is 0 Å². The van der Waals surface area contributed by atoms with Gasteiger partial charge < -0.3 is 15.2 Å². The molecule has 2 amide bonds. The highest BCUT2D eigenvalue weighted by Crippen LogP contribution is 2.12. The number of aliphatic hydroxyl groups is 1. The van der Waals surface area contributed by atoms with Gasteiger partial charge in [0.05, 0.1) is 13.2 Å². The van der Waals surface area contributed by atoms with Crippen molar-refractivity contribution in [2.45, 2.75) is 26.5 Å². The van der Waals surface area contributed by atoms with E-state index in [-0.39, 0.29) is 7.43 Å². The molecule has 2 atom stereocenters. The van der Waals surface area contributed by atoms with Crippen molar-refractivity contribution >= 4 is 11.8 Å². The van der Waals surface area contributed by atoms with Crippen LogP contribution in [0, 0.1) is 11.8 Å². The molecule has 0 aromatic heterocycles. The second-order valence-electron chi connectivity index (χ2n) is 5.73. The molecule has 0 radical (unpaired) electrons. The van der Waals surface area contributed by atoms with Crippen molar-refractivity contribution in [3.8, 4) is 17.6 Å². The van der Waals surface area contributed by atoms with Crippen LogP contribution in [-0.4, -0.2) is 41.4 Å². The van der Waals surface area contributed by atoms with Crippen LogP contribution in [0.25, 0.3) is 0 Å². The van der Waals surface area contributed by atoms with Gasteiger partial charge in [0.1, 0.15) is 11.8 Å². The van der Waals surface area contributed by atoms with E-state index in [2.05, 4.69) is 17.2 Å². The van der Waals surface area contributed by atoms with Crippen LogP contribution >= 0.6 is 0 Å². The summed E-state index contributed by atoms with van der Waals surface area (Å²) in [5.41, 5.74) is 3.20. The number of ether oxygens (including phenoxy) is 1. The van der Waals surface area contributed by atoms with Gasteiger partial charge in [-0.25, -0.2) is 5.48 Å². The Bertz CT molecular complexity index is 866. The average Bonchev–Trinajstić information content (AvgIpc) is 2.70. The molecule has 0 heterocycles. The molecule has 0 aliphatic heterocycles. The van der Waals surface area contributed by atoms with Crippen LogP contribution in [0.1, 0.15) is 35.8 Å². The van der Waals surface area contributed by atoms with Gasteiger partial charge in [0.25, 0.3) is 11.8 Å². The topological polar surface area (TPSA) is 108 Å². The predicted octanol–water partition coefficient (Wildman–Crippen LogP) is 1.72. The average molecular weight is 384 g/mol. The number of aliphatic hydroxyl groups excluding tert-OH is 1. The lowest BCUT2D eigenvalue weighted by Gasteiger charge is -2.19. The molecule has 2 rings (SSSR count). The monoisotopic (exact) mass is 384 g/mol. The Morgan fingerprint density at radius 3 is 2.29 bits per heavy atom. The molecule has 0 spiro atoms. The number of benzene rings is 2. The molecule has 0 aliphatic rings. The van der Waals surface area contributed by atoms with Gasteiger partial charge in [0.15, 0.2) is 0 Å². The summed E-state index contributed by atoms with van der Waals surface area (Å²) in [6, 6.07) is 12.5. The first-order chi connectivity index (χ1) is 12.9. The molecule has 0 saturated carbocycles. The van der Waals surface area contributed by atoms with E-state index in [9.17, 15) is 14.7 Å². The van der Waals surface area contributed by atoms with Gasteiger partial charge in [-0.15, -0.1) is 0 Å². The highest BCUT2D eigenvalue weighted by atomic mass is 16.5. The van der Waals surface area contributed by atoms with E-state index >= 15 is 0 Å². The van der Waals surface area contributed by atoms with Crippen LogP contribution < -0.4 is 15.5 Å². The first-order valence-corrected chi connectivity index (χ1v) is 8.13. The van der Waals surface area contributed by atoms with Gasteiger partial charge in [-0.05, 0) is 49.4 Å². The Morgan fingerprint density at radius 1 is 1.07 bits per heavy atom. The van der Waals surface area contributed by atoms with E-state index in [4.69, 9.17) is 9.94 Å². The molecular weight excluding hydrogens is 360 g/mol. The Morgan fingerprint density at radius 2 is 1.71 bits per heavy atom. The van der Waals surface area contributed by atoms with E-state index in [0.717, 1.165) is 5.56 Å². The quantitative estimate of drug-likeness (QED) is 0.357. The Hall–Kier alpha value is -3.34. The molecule has 148 valence electrons. The van der Waals surface area contributed by atoms with Gasteiger partial charge >= 0.3 is 0 Å². The minimum absolute atomic E-state index is 0. The van der Waals surface area contributed by atoms with Gasteiger partial charge in [-0.2, -0.15) is 0 Å². The van der Waals surface area contributed by atoms with Gasteiger partial charge in [0, 0.05) is 16.7 Å². The third kappa shape index (κ3) is 6.13. The summed E-state index contributed by atoms with van der Waals surface area (Å²) in [4.78, 5) is 23.7. The van der Waals surface area contributed by atoms with Crippen LogP contribution in [0.5, 0.6) is 5.75 Å². The molecule has 0 aliphatic carbocycles. The summed E-state index contributed by atoms with van der Waals surface area (Å²) < 4.78 is 5.15. The van der Waals surface area contributed by atoms with Gasteiger partial charge in [-0.1, -0.05) is 25.3 Å². The molecule has 7 heteroatoms. The summed E-state index contributed by atoms with van der Waals surface area (Å²) in [5.74, 6) is 5.25. The molecule has 2 aromatic rings. The zero-order valence-electron chi connectivity index (χ0n) is 14.9. The van der Waals surface area contributed by atoms with E-state index in [0.29, 0.717) is 16.9 Å². The largest absolute Gasteiger partial charge is 0.497 e. The first-order valence-electron chi connectivity index (χ1n) is 8.13. The smallest absolute Gasteiger partial charge is 0.268 e. The molecule has 28 heavy (non-hydrogen) atoms. The van der Waals surface area contributed by atoms with Crippen molar-refractivity contribution in [2.24, 2.45) is 0 Å². The maximum Gasteiger partial charge on any atom is 0.268 e. The molecule has 7 nitrogen and oxygen atoms in total. The number of carbonyl (C=O) groups excluding carboxylic acids is 2. The van der Waals surface area contributed by atoms with E-state index in [1.807, 2.05) is 24.3 Å². The lowest BCUT2D eigenvalue weighted by Crippen LogP contribution is -2.51. The molecule has 0 saturated heterocycles. The van der Waals surface area contributed by atoms with Gasteiger partial charge in [-0.3, -0.25) is 14.8 Å². The zero-order valence-corrected chi connectivity index (χ0v) is 14.9. The third-order valence-corrected chi connectivity index (χ3v) is 3.73. The fraction of sp³-hybridized carbons (Fsp3) is 0.238. The highest BCUT2D eigenvalue weighted by molar-refractivity contribution is 5.97. The van der Waals surface area contributed by atoms with E-state index < -0.39 is 24.0 Å². The van der Waals surface area contributed by atoms with Crippen molar-refractivity contribution in [1.29, 1.82) is 0 Å². The van der Waals surface area contributed by atoms with Crippen molar-refractivity contribution in [3.05, 3.63) is 65.2 Å². The normalized spacial score (nSPS) is 11.7. The van der Waals surface area contributed by atoms with Crippen molar-refractivity contribution in [3.63, 3.8) is 0 Å². The summed E-state index contributed by atoms with van der Waals surface area (Å²) >= 11 is 0. The van der Waals surface area contributed by atoms with Gasteiger partial charge in [0.2, 0.25) is 0 Å². The number of hydrogen-bond donors (Lipinski definition) is 4. The molecule has 0 unspecified atom stereocenters. The number of nitrogens with one attached hydrogen (secondary N) is 2. The standard InChI is InChI=1S/C20H20N2O5.CH4/c1-13(23)18(20(25)22-26)21-19(24)16-10-8-14(9-11-16)6-7-15-4-3-5-17(12-15)27-2;/h3-5,8-13,18,23,26H,1-2H3,(H,21,24)(H,22,25);1H4/t13-,18+;/m1./s1. The molecule has 0 bridgehead atoms. The second-order valence-corrected chi connectivity index (χ2v) is 5.73. The van der Waals surface area contributed by atoms with Crippen LogP contribution in [-0.2, 0) is 4.79 Å². The third-order valence-electron chi connectivity index (χ3n) is 3.73. The minimum Gasteiger partial charge on any atom is -0.497 e. The minimum atomic E-state index is -1.27. The second kappa shape index (κ2) is 10.7. The fourth-order valence-corrected chi connectivity index (χ4v) is 2.25. The molecule has 0 fully saturated rings. The van der Waals surface area contributed by atoms with Crippen molar-refractivity contribution in [1.82, 2.24) is 10.8 Å². The predicted molar refractivity (Wildman–Crippen MR) is 105 cm³/mol. The number of carbonyl (C=O) groups is 2. The number of hydrogen-bond acceptors (Lipinski definition) is 5. The zero-order chi connectivity index (χ0) is 19.8. The highest BCUT2D eigenvalue weighted by Gasteiger charge is 2.25. The SMILES string of the molecule is C.COc1cccc(C#Cc2ccc(C(=O)N[C@H](C(=O)NO)[C@@H](C)O)cc2)c1. The van der Waals surface area contributed by atoms with E-state index in [1.165, 1.54) is 12.4 Å². The van der Waals surface area contributed by atoms with Crippen LogP contribution in [0.15, 0.2) is 48.5 Å². The maximum atomic E-state index is 12.2. The summed E-state index contributed by atoms with van der Waals surface area (Å²) in [6.07, 6.45) is -1.17. The lowest BCUT2D eigenvalue weighted by atomic mass is 10.1. The van der Waals surface area contributed by atoms with Crippen molar-refractivity contribution in [2.75, 3.05) is 7.11 Å². The molecule has 2 aromatic carbocycles. The fourth-order valence-electron chi connectivity index (χ4n) is 2.25. The number of methoxy groups -OCH3 is 1. The Balaban J connectivity index is 0.00000392. The lowest BCUT2D eigenvalue weighted by molar-refractivity contribution is -0.133. The molecule has 4 N–H and O–H groups in total. The van der Waals surface area contributed by atoms with Crippen LogP contribution in [0.2, 0.25) is 0 Å². The Labute approximate surface area is 164 Å². The van der Waals surface area contributed by atoms with Crippen molar-refractivity contribution < 1.29 is 24.6 Å². The number of hydroxylamine groups is 1. The first kappa shape index (κ1) is 22.7. The number of amides is 2. The van der Waals surface area contributed by atoms with E-state index in [1.54, 1.807) is 31.4 Å².